The summed E-state index contributed by atoms with van der Waals surface area (Å²) < 4.78 is 4.86. The van der Waals surface area contributed by atoms with Crippen molar-refractivity contribution >= 4 is 0 Å². The van der Waals surface area contributed by atoms with E-state index in [1.807, 2.05) is 85.4 Å². The number of benzene rings is 2. The molecule has 1 aliphatic rings. The van der Waals surface area contributed by atoms with Gasteiger partial charge in [0.15, 0.2) is 0 Å². The van der Waals surface area contributed by atoms with Gasteiger partial charge in [-0.05, 0) is 56.9 Å². The van der Waals surface area contributed by atoms with Crippen molar-refractivity contribution in [3.63, 3.8) is 0 Å². The van der Waals surface area contributed by atoms with Crippen molar-refractivity contribution in [1.82, 2.24) is 34.6 Å². The van der Waals surface area contributed by atoms with E-state index in [2.05, 4.69) is 20.5 Å². The molecule has 0 saturated heterocycles. The number of aromatic nitrogens is 7. The first-order chi connectivity index (χ1) is 17.5. The largest absolute Gasteiger partial charge is 0.295 e. The van der Waals surface area contributed by atoms with Gasteiger partial charge >= 0.3 is 0 Å². The van der Waals surface area contributed by atoms with E-state index >= 15 is 0 Å². The van der Waals surface area contributed by atoms with Crippen LogP contribution in [0.2, 0.25) is 0 Å². The topological polar surface area (TPSA) is 106 Å². The smallest absolute Gasteiger partial charge is 0.275 e. The lowest BCUT2D eigenvalue weighted by atomic mass is 9.89. The van der Waals surface area contributed by atoms with Crippen molar-refractivity contribution in [3.05, 3.63) is 116 Å². The number of hydrogen-bond donors (Lipinski definition) is 2. The summed E-state index contributed by atoms with van der Waals surface area (Å²) in [4.78, 5) is 27.7. The van der Waals surface area contributed by atoms with Gasteiger partial charge in [0.25, 0.3) is 11.1 Å². The maximum absolute atomic E-state index is 13.8. The highest BCUT2D eigenvalue weighted by atomic mass is 16.1. The van der Waals surface area contributed by atoms with E-state index in [1.165, 1.54) is 22.2 Å². The lowest BCUT2D eigenvalue weighted by Gasteiger charge is -2.12. The predicted molar refractivity (Wildman–Crippen MR) is 136 cm³/mol. The fourth-order valence-electron chi connectivity index (χ4n) is 4.86. The number of rotatable bonds is 7. The van der Waals surface area contributed by atoms with Gasteiger partial charge in [-0.1, -0.05) is 41.6 Å². The van der Waals surface area contributed by atoms with Crippen LogP contribution in [0.5, 0.6) is 0 Å². The Morgan fingerprint density at radius 2 is 1.33 bits per heavy atom. The number of para-hydroxylation sites is 2. The standard InChI is InChI=1S/C27H27N7O2/c1-17-23(26(35)33(29-17)20-9-5-3-6-10-20)25(22-16-32(31-28-22)15-19-13-14-19)24-18(2)30-34(27(24)36)21-11-7-4-8-12-21/h3-12,16,19,25,29-30H,13-15H2,1-2H3. The minimum atomic E-state index is -0.680. The van der Waals surface area contributed by atoms with Gasteiger partial charge in [0, 0.05) is 24.1 Å². The van der Waals surface area contributed by atoms with Crippen LogP contribution in [0.25, 0.3) is 11.4 Å². The number of aryl methyl sites for hydroxylation is 2. The Labute approximate surface area is 207 Å². The normalized spacial score (nSPS) is 13.5. The minimum Gasteiger partial charge on any atom is -0.295 e. The molecule has 0 atom stereocenters. The third-order valence-corrected chi connectivity index (χ3v) is 6.83. The van der Waals surface area contributed by atoms with Crippen LogP contribution in [-0.4, -0.2) is 34.6 Å². The third kappa shape index (κ3) is 3.82. The van der Waals surface area contributed by atoms with Crippen molar-refractivity contribution in [2.24, 2.45) is 5.92 Å². The van der Waals surface area contributed by atoms with Gasteiger partial charge in [-0.25, -0.2) is 9.36 Å². The molecule has 3 heterocycles. The van der Waals surface area contributed by atoms with Crippen LogP contribution in [0.4, 0.5) is 0 Å². The average Bonchev–Trinajstić information content (AvgIpc) is 3.39. The van der Waals surface area contributed by atoms with Crippen molar-refractivity contribution in [1.29, 1.82) is 0 Å². The zero-order valence-corrected chi connectivity index (χ0v) is 20.2. The van der Waals surface area contributed by atoms with E-state index in [4.69, 9.17) is 0 Å². The van der Waals surface area contributed by atoms with Gasteiger partial charge < -0.3 is 0 Å². The van der Waals surface area contributed by atoms with Crippen molar-refractivity contribution in [2.45, 2.75) is 39.2 Å². The number of nitrogens with one attached hydrogen (secondary N) is 2. The molecule has 1 saturated carbocycles. The van der Waals surface area contributed by atoms with E-state index < -0.39 is 5.92 Å². The molecule has 2 N–H and O–H groups in total. The zero-order valence-electron chi connectivity index (χ0n) is 20.2. The van der Waals surface area contributed by atoms with E-state index in [9.17, 15) is 9.59 Å². The monoisotopic (exact) mass is 481 g/mol. The summed E-state index contributed by atoms with van der Waals surface area (Å²) in [6.07, 6.45) is 4.26. The molecule has 0 radical (unpaired) electrons. The predicted octanol–water partition coefficient (Wildman–Crippen LogP) is 3.44. The van der Waals surface area contributed by atoms with Crippen LogP contribution in [0.15, 0.2) is 76.4 Å². The number of aromatic amines is 2. The van der Waals surface area contributed by atoms with Crippen LogP contribution in [-0.2, 0) is 6.54 Å². The van der Waals surface area contributed by atoms with E-state index in [0.717, 1.165) is 17.9 Å². The number of H-pyrrole nitrogens is 2. The molecule has 0 amide bonds. The summed E-state index contributed by atoms with van der Waals surface area (Å²) in [5.74, 6) is -0.0630. The Kier molecular flexibility index (Phi) is 5.32. The maximum Gasteiger partial charge on any atom is 0.275 e. The van der Waals surface area contributed by atoms with Crippen molar-refractivity contribution in [2.75, 3.05) is 0 Å². The van der Waals surface area contributed by atoms with Gasteiger partial charge in [0.2, 0.25) is 0 Å². The zero-order chi connectivity index (χ0) is 24.8. The van der Waals surface area contributed by atoms with Crippen LogP contribution >= 0.6 is 0 Å². The second-order valence-electron chi connectivity index (χ2n) is 9.50. The number of hydrogen-bond acceptors (Lipinski definition) is 4. The SMILES string of the molecule is Cc1[nH]n(-c2ccccc2)c(=O)c1C(c1cn(CC2CC2)nn1)c1c(C)[nH]n(-c2ccccc2)c1=O. The molecule has 0 spiro atoms. The summed E-state index contributed by atoms with van der Waals surface area (Å²) in [5.41, 5.74) is 3.91. The van der Waals surface area contributed by atoms with E-state index in [1.54, 1.807) is 0 Å². The minimum absolute atomic E-state index is 0.216. The molecule has 0 unspecified atom stereocenters. The summed E-state index contributed by atoms with van der Waals surface area (Å²) >= 11 is 0. The summed E-state index contributed by atoms with van der Waals surface area (Å²) in [7, 11) is 0. The Morgan fingerprint density at radius 1 is 0.833 bits per heavy atom. The summed E-state index contributed by atoms with van der Waals surface area (Å²) in [6, 6.07) is 18.8. The fraction of sp³-hybridized carbons (Fsp3) is 0.259. The second kappa shape index (κ2) is 8.67. The van der Waals surface area contributed by atoms with E-state index in [0.29, 0.717) is 34.1 Å². The highest BCUT2D eigenvalue weighted by molar-refractivity contribution is 5.45. The molecule has 2 aromatic carbocycles. The van der Waals surface area contributed by atoms with Gasteiger partial charge in [-0.3, -0.25) is 24.5 Å². The molecule has 1 aliphatic carbocycles. The Hall–Kier alpha value is -4.40. The highest BCUT2D eigenvalue weighted by Crippen LogP contribution is 2.33. The molecule has 3 aromatic heterocycles. The quantitative estimate of drug-likeness (QED) is 0.371. The molecular weight excluding hydrogens is 454 g/mol. The van der Waals surface area contributed by atoms with Crippen LogP contribution in [0.1, 0.15) is 47.0 Å². The Bertz CT molecular complexity index is 1540. The molecule has 182 valence electrons. The molecule has 9 nitrogen and oxygen atoms in total. The molecular formula is C27H27N7O2. The summed E-state index contributed by atoms with van der Waals surface area (Å²) in [5, 5.41) is 15.2. The van der Waals surface area contributed by atoms with Crippen molar-refractivity contribution < 1.29 is 0 Å². The molecule has 0 aliphatic heterocycles. The first-order valence-electron chi connectivity index (χ1n) is 12.1. The summed E-state index contributed by atoms with van der Waals surface area (Å²) in [6.45, 7) is 4.51. The molecule has 6 rings (SSSR count). The molecule has 9 heteroatoms. The second-order valence-corrected chi connectivity index (χ2v) is 9.50. The van der Waals surface area contributed by atoms with E-state index in [-0.39, 0.29) is 11.1 Å². The third-order valence-electron chi connectivity index (χ3n) is 6.83. The average molecular weight is 482 g/mol. The Balaban J connectivity index is 1.55. The number of nitrogens with zero attached hydrogens (tertiary/aromatic N) is 5. The van der Waals surface area contributed by atoms with Gasteiger partial charge in [-0.2, -0.15) is 0 Å². The van der Waals surface area contributed by atoms with Gasteiger partial charge in [0.1, 0.15) is 0 Å². The lowest BCUT2D eigenvalue weighted by molar-refractivity contribution is 0.544. The Morgan fingerprint density at radius 3 is 1.81 bits per heavy atom. The molecule has 36 heavy (non-hydrogen) atoms. The molecule has 0 bridgehead atoms. The van der Waals surface area contributed by atoms with Gasteiger partial charge in [0.05, 0.1) is 34.1 Å². The van der Waals surface area contributed by atoms with Crippen LogP contribution < -0.4 is 11.1 Å². The molecule has 1 fully saturated rings. The fourth-order valence-corrected chi connectivity index (χ4v) is 4.86. The van der Waals surface area contributed by atoms with Crippen LogP contribution in [0.3, 0.4) is 0 Å². The lowest BCUT2D eigenvalue weighted by Crippen LogP contribution is -2.25. The maximum atomic E-state index is 13.8. The molecule has 5 aromatic rings. The van der Waals surface area contributed by atoms with Gasteiger partial charge in [-0.15, -0.1) is 5.10 Å². The first-order valence-corrected chi connectivity index (χ1v) is 12.1. The highest BCUT2D eigenvalue weighted by Gasteiger charge is 2.33. The van der Waals surface area contributed by atoms with Crippen molar-refractivity contribution in [3.8, 4) is 11.4 Å². The van der Waals surface area contributed by atoms with Crippen LogP contribution in [0, 0.1) is 19.8 Å². The first kappa shape index (κ1) is 22.1.